The van der Waals surface area contributed by atoms with Crippen LogP contribution in [0, 0.1) is 11.3 Å². The molecule has 0 aliphatic heterocycles. The first kappa shape index (κ1) is 13.8. The van der Waals surface area contributed by atoms with Crippen LogP contribution < -0.4 is 5.73 Å². The van der Waals surface area contributed by atoms with E-state index in [2.05, 4.69) is 23.7 Å². The minimum absolute atomic E-state index is 0.317. The Morgan fingerprint density at radius 3 is 2.71 bits per heavy atom. The molecule has 0 spiro atoms. The second-order valence-electron chi connectivity index (χ2n) is 3.57. The number of nitrogen functional groups attached to an aromatic ring is 1. The Morgan fingerprint density at radius 1 is 1.41 bits per heavy atom. The number of hydrogen-bond acceptors (Lipinski definition) is 5. The van der Waals surface area contributed by atoms with Gasteiger partial charge in [0.05, 0.1) is 10.7 Å². The van der Waals surface area contributed by atoms with Crippen LogP contribution in [0.4, 0.5) is 5.69 Å². The third-order valence-electron chi connectivity index (χ3n) is 2.56. The minimum atomic E-state index is 0.317. The standard InChI is InChI=1S/C12H18N4S/c1-3-16(4-2)7-8-17-12-6-5-10(14)11(9-13)15-12/h5-6H,3-4,7-8,14H2,1-2H3. The quantitative estimate of drug-likeness (QED) is 0.782. The van der Waals surface area contributed by atoms with Crippen LogP contribution in [0.5, 0.6) is 0 Å². The van der Waals surface area contributed by atoms with Crippen LogP contribution in [0.2, 0.25) is 0 Å². The third-order valence-corrected chi connectivity index (χ3v) is 3.47. The van der Waals surface area contributed by atoms with Gasteiger partial charge in [-0.25, -0.2) is 4.98 Å². The van der Waals surface area contributed by atoms with Gasteiger partial charge >= 0.3 is 0 Å². The lowest BCUT2D eigenvalue weighted by Crippen LogP contribution is -2.25. The molecular weight excluding hydrogens is 232 g/mol. The van der Waals surface area contributed by atoms with Gasteiger partial charge in [-0.2, -0.15) is 5.26 Å². The molecule has 5 heteroatoms. The molecular formula is C12H18N4S. The first-order valence-electron chi connectivity index (χ1n) is 5.73. The fraction of sp³-hybridized carbons (Fsp3) is 0.500. The summed E-state index contributed by atoms with van der Waals surface area (Å²) in [5, 5.41) is 9.69. The van der Waals surface area contributed by atoms with E-state index in [9.17, 15) is 0 Å². The maximum atomic E-state index is 8.82. The van der Waals surface area contributed by atoms with E-state index in [0.717, 1.165) is 30.4 Å². The second kappa shape index (κ2) is 7.15. The Kier molecular flexibility index (Phi) is 5.81. The van der Waals surface area contributed by atoms with Gasteiger partial charge < -0.3 is 10.6 Å². The topological polar surface area (TPSA) is 65.9 Å². The van der Waals surface area contributed by atoms with Gasteiger partial charge in [-0.1, -0.05) is 13.8 Å². The molecule has 0 atom stereocenters. The zero-order valence-electron chi connectivity index (χ0n) is 10.3. The number of nitriles is 1. The zero-order valence-corrected chi connectivity index (χ0v) is 11.1. The van der Waals surface area contributed by atoms with E-state index in [-0.39, 0.29) is 0 Å². The Hall–Kier alpha value is -1.25. The van der Waals surface area contributed by atoms with Crippen molar-refractivity contribution in [2.45, 2.75) is 18.9 Å². The van der Waals surface area contributed by atoms with Crippen LogP contribution in [0.1, 0.15) is 19.5 Å². The number of anilines is 1. The first-order valence-corrected chi connectivity index (χ1v) is 6.71. The highest BCUT2D eigenvalue weighted by atomic mass is 32.2. The van der Waals surface area contributed by atoms with E-state index in [1.54, 1.807) is 17.8 Å². The van der Waals surface area contributed by atoms with E-state index in [0.29, 0.717) is 11.4 Å². The van der Waals surface area contributed by atoms with Gasteiger partial charge in [0.1, 0.15) is 6.07 Å². The number of rotatable bonds is 6. The molecule has 2 N–H and O–H groups in total. The molecule has 0 saturated heterocycles. The lowest BCUT2D eigenvalue weighted by atomic mass is 10.3. The normalized spacial score (nSPS) is 10.5. The van der Waals surface area contributed by atoms with Gasteiger partial charge in [0, 0.05) is 12.3 Å². The summed E-state index contributed by atoms with van der Waals surface area (Å²) in [6.45, 7) is 7.48. The molecule has 0 bridgehead atoms. The van der Waals surface area contributed by atoms with Crippen LogP contribution in [-0.2, 0) is 0 Å². The van der Waals surface area contributed by atoms with Crippen LogP contribution in [0.15, 0.2) is 17.2 Å². The molecule has 0 amide bonds. The maximum Gasteiger partial charge on any atom is 0.164 e. The second-order valence-corrected chi connectivity index (χ2v) is 4.69. The molecule has 92 valence electrons. The maximum absolute atomic E-state index is 8.82. The summed E-state index contributed by atoms with van der Waals surface area (Å²) in [7, 11) is 0. The monoisotopic (exact) mass is 250 g/mol. The molecule has 0 radical (unpaired) electrons. The van der Waals surface area contributed by atoms with E-state index in [1.165, 1.54) is 0 Å². The number of pyridine rings is 1. The molecule has 0 unspecified atom stereocenters. The van der Waals surface area contributed by atoms with Crippen molar-refractivity contribution in [3.63, 3.8) is 0 Å². The lowest BCUT2D eigenvalue weighted by Gasteiger charge is -2.17. The smallest absolute Gasteiger partial charge is 0.164 e. The Morgan fingerprint density at radius 2 is 2.12 bits per heavy atom. The lowest BCUT2D eigenvalue weighted by molar-refractivity contribution is 0.324. The molecule has 17 heavy (non-hydrogen) atoms. The van der Waals surface area contributed by atoms with Crippen molar-refractivity contribution in [1.29, 1.82) is 5.26 Å². The van der Waals surface area contributed by atoms with Crippen molar-refractivity contribution in [2.75, 3.05) is 31.1 Å². The van der Waals surface area contributed by atoms with Crippen LogP contribution >= 0.6 is 11.8 Å². The molecule has 0 aromatic carbocycles. The van der Waals surface area contributed by atoms with E-state index in [4.69, 9.17) is 11.0 Å². The first-order chi connectivity index (χ1) is 8.21. The summed E-state index contributed by atoms with van der Waals surface area (Å²) in [6.07, 6.45) is 0. The molecule has 0 aliphatic carbocycles. The largest absolute Gasteiger partial charge is 0.396 e. The van der Waals surface area contributed by atoms with Crippen LogP contribution in [-0.4, -0.2) is 35.3 Å². The number of aromatic nitrogens is 1. The summed E-state index contributed by atoms with van der Waals surface area (Å²) < 4.78 is 0. The molecule has 0 fully saturated rings. The van der Waals surface area contributed by atoms with E-state index < -0.39 is 0 Å². The van der Waals surface area contributed by atoms with Crippen molar-refractivity contribution in [3.05, 3.63) is 17.8 Å². The molecule has 1 heterocycles. The van der Waals surface area contributed by atoms with Gasteiger partial charge in [0.25, 0.3) is 0 Å². The highest BCUT2D eigenvalue weighted by molar-refractivity contribution is 7.99. The van der Waals surface area contributed by atoms with Crippen LogP contribution in [0.3, 0.4) is 0 Å². The van der Waals surface area contributed by atoms with Gasteiger partial charge in [-0.05, 0) is 25.2 Å². The molecule has 0 aliphatic rings. The van der Waals surface area contributed by atoms with Crippen molar-refractivity contribution in [2.24, 2.45) is 0 Å². The predicted octanol–water partition coefficient (Wildman–Crippen LogP) is 1.97. The minimum Gasteiger partial charge on any atom is -0.396 e. The molecule has 1 aromatic rings. The number of nitrogens with zero attached hydrogens (tertiary/aromatic N) is 3. The predicted molar refractivity (Wildman–Crippen MR) is 71.9 cm³/mol. The summed E-state index contributed by atoms with van der Waals surface area (Å²) in [5.41, 5.74) is 6.38. The molecule has 1 rings (SSSR count). The summed E-state index contributed by atoms with van der Waals surface area (Å²) in [5.74, 6) is 0.976. The van der Waals surface area contributed by atoms with Crippen LogP contribution in [0.25, 0.3) is 0 Å². The van der Waals surface area contributed by atoms with Crippen molar-refractivity contribution < 1.29 is 0 Å². The van der Waals surface area contributed by atoms with Gasteiger partial charge in [-0.15, -0.1) is 11.8 Å². The van der Waals surface area contributed by atoms with Crippen molar-refractivity contribution in [3.8, 4) is 6.07 Å². The Labute approximate surface area is 107 Å². The molecule has 0 saturated carbocycles. The van der Waals surface area contributed by atoms with E-state index >= 15 is 0 Å². The SMILES string of the molecule is CCN(CC)CCSc1ccc(N)c(C#N)n1. The number of hydrogen-bond donors (Lipinski definition) is 1. The molecule has 1 aromatic heterocycles. The third kappa shape index (κ3) is 4.25. The average molecular weight is 250 g/mol. The molecule has 4 nitrogen and oxygen atoms in total. The summed E-state index contributed by atoms with van der Waals surface area (Å²) in [6, 6.07) is 5.60. The van der Waals surface area contributed by atoms with Crippen molar-refractivity contribution >= 4 is 17.4 Å². The summed E-state index contributed by atoms with van der Waals surface area (Å²) >= 11 is 1.66. The highest BCUT2D eigenvalue weighted by Gasteiger charge is 2.04. The summed E-state index contributed by atoms with van der Waals surface area (Å²) in [4.78, 5) is 6.55. The fourth-order valence-electron chi connectivity index (χ4n) is 1.44. The van der Waals surface area contributed by atoms with Gasteiger partial charge in [0.15, 0.2) is 5.69 Å². The van der Waals surface area contributed by atoms with E-state index in [1.807, 2.05) is 12.1 Å². The Balaban J connectivity index is 2.50. The fourth-order valence-corrected chi connectivity index (χ4v) is 2.32. The van der Waals surface area contributed by atoms with Crippen molar-refractivity contribution in [1.82, 2.24) is 9.88 Å². The average Bonchev–Trinajstić information content (AvgIpc) is 2.36. The zero-order chi connectivity index (χ0) is 12.7. The van der Waals surface area contributed by atoms with Gasteiger partial charge in [0.2, 0.25) is 0 Å². The number of nitrogens with two attached hydrogens (primary N) is 1. The van der Waals surface area contributed by atoms with Gasteiger partial charge in [-0.3, -0.25) is 0 Å². The Bertz CT molecular complexity index is 396. The number of thioether (sulfide) groups is 1. The highest BCUT2D eigenvalue weighted by Crippen LogP contribution is 2.18.